The van der Waals surface area contributed by atoms with Crippen LogP contribution in [0.15, 0.2) is 0 Å². The van der Waals surface area contributed by atoms with Crippen molar-refractivity contribution in [2.24, 2.45) is 5.92 Å². The molecule has 0 bridgehead atoms. The van der Waals surface area contributed by atoms with Crippen LogP contribution in [0.2, 0.25) is 0 Å². The lowest BCUT2D eigenvalue weighted by Gasteiger charge is -2.32. The summed E-state index contributed by atoms with van der Waals surface area (Å²) in [5.74, 6) is 0.465. The van der Waals surface area contributed by atoms with Crippen molar-refractivity contribution < 1.29 is 17.9 Å². The highest BCUT2D eigenvalue weighted by atomic mass is 32.2. The van der Waals surface area contributed by atoms with Crippen molar-refractivity contribution in [2.75, 3.05) is 25.2 Å². The summed E-state index contributed by atoms with van der Waals surface area (Å²) in [6.07, 6.45) is 6.62. The normalized spacial score (nSPS) is 28.8. The lowest BCUT2D eigenvalue weighted by atomic mass is 9.89. The maximum absolute atomic E-state index is 12.2. The zero-order chi connectivity index (χ0) is 14.6. The van der Waals surface area contributed by atoms with Gasteiger partial charge in [0.25, 0.3) is 0 Å². The molecular formula is C14H25NO4S. The van der Waals surface area contributed by atoms with Gasteiger partial charge in [0.2, 0.25) is 0 Å². The van der Waals surface area contributed by atoms with Gasteiger partial charge in [-0.1, -0.05) is 25.7 Å². The summed E-state index contributed by atoms with van der Waals surface area (Å²) in [6.45, 7) is 0.592. The zero-order valence-corrected chi connectivity index (χ0v) is 13.0. The van der Waals surface area contributed by atoms with Crippen LogP contribution in [-0.2, 0) is 19.4 Å². The van der Waals surface area contributed by atoms with Crippen LogP contribution in [-0.4, -0.2) is 45.1 Å². The number of hydrogen-bond donors (Lipinski definition) is 1. The molecule has 1 aliphatic heterocycles. The predicted molar refractivity (Wildman–Crippen MR) is 77.2 cm³/mol. The minimum atomic E-state index is -2.86. The summed E-state index contributed by atoms with van der Waals surface area (Å²) in [5.41, 5.74) is -0.600. The molecule has 2 fully saturated rings. The van der Waals surface area contributed by atoms with E-state index in [9.17, 15) is 13.2 Å². The number of esters is 1. The third-order valence-corrected chi connectivity index (χ3v) is 6.43. The highest BCUT2D eigenvalue weighted by Crippen LogP contribution is 2.29. The molecule has 2 rings (SSSR count). The zero-order valence-electron chi connectivity index (χ0n) is 12.2. The molecule has 116 valence electrons. The first-order chi connectivity index (χ1) is 9.47. The van der Waals surface area contributed by atoms with E-state index in [0.717, 1.165) is 38.5 Å². The molecule has 0 unspecified atom stereocenters. The Morgan fingerprint density at radius 1 is 1.25 bits per heavy atom. The molecule has 0 aromatic carbocycles. The molecule has 6 heteroatoms. The van der Waals surface area contributed by atoms with Gasteiger partial charge < -0.3 is 10.1 Å². The van der Waals surface area contributed by atoms with Crippen molar-refractivity contribution in [3.63, 3.8) is 0 Å². The molecular weight excluding hydrogens is 278 g/mol. The maximum atomic E-state index is 12.2. The second-order valence-corrected chi connectivity index (χ2v) is 8.37. The Labute approximate surface area is 121 Å². The van der Waals surface area contributed by atoms with Crippen LogP contribution in [0.1, 0.15) is 44.9 Å². The topological polar surface area (TPSA) is 72.5 Å². The Hall–Kier alpha value is -0.620. The van der Waals surface area contributed by atoms with Gasteiger partial charge >= 0.3 is 5.97 Å². The Balaban J connectivity index is 1.99. The molecule has 1 saturated heterocycles. The molecule has 2 aliphatic rings. The number of sulfone groups is 1. The molecule has 1 atom stereocenters. The van der Waals surface area contributed by atoms with Crippen LogP contribution in [0.25, 0.3) is 0 Å². The van der Waals surface area contributed by atoms with E-state index in [1.165, 1.54) is 7.11 Å². The van der Waals surface area contributed by atoms with Crippen molar-refractivity contribution in [1.82, 2.24) is 5.32 Å². The minimum Gasteiger partial charge on any atom is -0.468 e. The van der Waals surface area contributed by atoms with Crippen molar-refractivity contribution in [2.45, 2.75) is 50.5 Å². The molecule has 0 spiro atoms. The van der Waals surface area contributed by atoms with Gasteiger partial charge in [-0.05, 0) is 25.2 Å². The second-order valence-electron chi connectivity index (χ2n) is 6.14. The molecule has 1 saturated carbocycles. The lowest BCUT2D eigenvalue weighted by molar-refractivity contribution is -0.149. The van der Waals surface area contributed by atoms with Gasteiger partial charge in [0, 0.05) is 6.54 Å². The van der Waals surface area contributed by atoms with E-state index >= 15 is 0 Å². The smallest absolute Gasteiger partial charge is 0.326 e. The molecule has 5 nitrogen and oxygen atoms in total. The number of hydrogen-bond acceptors (Lipinski definition) is 5. The molecule has 0 radical (unpaired) electrons. The first kappa shape index (κ1) is 15.8. The summed E-state index contributed by atoms with van der Waals surface area (Å²) < 4.78 is 28.0. The molecule has 0 amide bonds. The van der Waals surface area contributed by atoms with E-state index in [1.807, 2.05) is 0 Å². The Bertz CT molecular complexity index is 438. The minimum absolute atomic E-state index is 0.129. The molecule has 0 aromatic rings. The number of rotatable bonds is 4. The number of carbonyl (C=O) groups excluding carboxylic acids is 1. The van der Waals surface area contributed by atoms with Gasteiger partial charge in [-0.15, -0.1) is 0 Å². The maximum Gasteiger partial charge on any atom is 0.326 e. The third-order valence-electron chi connectivity index (χ3n) is 4.59. The van der Waals surface area contributed by atoms with Crippen LogP contribution < -0.4 is 5.32 Å². The number of ether oxygens (including phenoxy) is 1. The van der Waals surface area contributed by atoms with E-state index in [0.29, 0.717) is 13.0 Å². The van der Waals surface area contributed by atoms with Gasteiger partial charge in [0.05, 0.1) is 18.6 Å². The summed E-state index contributed by atoms with van der Waals surface area (Å²) in [5, 5.41) is 3.37. The summed E-state index contributed by atoms with van der Waals surface area (Å²) in [4.78, 5) is 12.2. The van der Waals surface area contributed by atoms with E-state index < -0.39 is 15.4 Å². The molecule has 1 heterocycles. The fourth-order valence-corrected chi connectivity index (χ4v) is 5.22. The predicted octanol–water partition coefficient (Wildman–Crippen LogP) is 1.28. The van der Waals surface area contributed by atoms with Gasteiger partial charge in [0.1, 0.15) is 5.54 Å². The van der Waals surface area contributed by atoms with E-state index in [4.69, 9.17) is 4.74 Å². The van der Waals surface area contributed by atoms with Crippen LogP contribution in [0.5, 0.6) is 0 Å². The van der Waals surface area contributed by atoms with Crippen molar-refractivity contribution in [1.29, 1.82) is 0 Å². The highest BCUT2D eigenvalue weighted by Gasteiger charge is 2.40. The standard InChI is InChI=1S/C14H25NO4S/c1-19-13(16)14(7-4-2-3-5-8-14)15-10-12-6-9-20(17,18)11-12/h12,15H,2-11H2,1H3/t12-/m1/s1. The fourth-order valence-electron chi connectivity index (χ4n) is 3.35. The highest BCUT2D eigenvalue weighted by molar-refractivity contribution is 7.91. The summed E-state index contributed by atoms with van der Waals surface area (Å²) in [7, 11) is -1.43. The van der Waals surface area contributed by atoms with Gasteiger partial charge in [-0.2, -0.15) is 0 Å². The van der Waals surface area contributed by atoms with Crippen molar-refractivity contribution in [3.05, 3.63) is 0 Å². The van der Waals surface area contributed by atoms with Gasteiger partial charge in [-0.3, -0.25) is 4.79 Å². The third kappa shape index (κ3) is 3.73. The Morgan fingerprint density at radius 3 is 2.40 bits per heavy atom. The monoisotopic (exact) mass is 303 g/mol. The van der Waals surface area contributed by atoms with Crippen LogP contribution in [0.4, 0.5) is 0 Å². The molecule has 1 N–H and O–H groups in total. The molecule has 0 aromatic heterocycles. The van der Waals surface area contributed by atoms with Crippen molar-refractivity contribution >= 4 is 15.8 Å². The fraction of sp³-hybridized carbons (Fsp3) is 0.929. The first-order valence-corrected chi connectivity index (χ1v) is 9.33. The Kier molecular flexibility index (Phi) is 5.07. The quantitative estimate of drug-likeness (QED) is 0.625. The van der Waals surface area contributed by atoms with E-state index in [-0.39, 0.29) is 23.4 Å². The van der Waals surface area contributed by atoms with Crippen LogP contribution in [0, 0.1) is 5.92 Å². The van der Waals surface area contributed by atoms with E-state index in [1.54, 1.807) is 0 Å². The van der Waals surface area contributed by atoms with E-state index in [2.05, 4.69) is 5.32 Å². The largest absolute Gasteiger partial charge is 0.468 e. The van der Waals surface area contributed by atoms with Crippen molar-refractivity contribution in [3.8, 4) is 0 Å². The molecule has 1 aliphatic carbocycles. The second kappa shape index (κ2) is 6.43. The summed E-state index contributed by atoms with van der Waals surface area (Å²) >= 11 is 0. The van der Waals surface area contributed by atoms with Crippen LogP contribution in [0.3, 0.4) is 0 Å². The van der Waals surface area contributed by atoms with Gasteiger partial charge in [0.15, 0.2) is 9.84 Å². The molecule has 20 heavy (non-hydrogen) atoms. The summed E-state index contributed by atoms with van der Waals surface area (Å²) in [6, 6.07) is 0. The first-order valence-electron chi connectivity index (χ1n) is 7.51. The lowest BCUT2D eigenvalue weighted by Crippen LogP contribution is -2.53. The SMILES string of the molecule is COC(=O)C1(NC[C@H]2CCS(=O)(=O)C2)CCCCCC1. The Morgan fingerprint density at radius 2 is 1.90 bits per heavy atom. The average Bonchev–Trinajstić information content (AvgIpc) is 2.64. The van der Waals surface area contributed by atoms with Gasteiger partial charge in [-0.25, -0.2) is 8.42 Å². The number of carbonyl (C=O) groups is 1. The number of nitrogens with one attached hydrogen (secondary N) is 1. The van der Waals surface area contributed by atoms with Crippen LogP contribution >= 0.6 is 0 Å². The number of methoxy groups -OCH3 is 1. The average molecular weight is 303 g/mol.